The van der Waals surface area contributed by atoms with Gasteiger partial charge < -0.3 is 0 Å². The summed E-state index contributed by atoms with van der Waals surface area (Å²) in [5.74, 6) is 0. The summed E-state index contributed by atoms with van der Waals surface area (Å²) in [4.78, 5) is 0. The van der Waals surface area contributed by atoms with Crippen LogP contribution >= 0.6 is 38.5 Å². The standard InChI is InChI=1S/C12H22BrI/c13-11-9-7-5-3-1-2-4-6-8-10-12-14/h8,10H,1-7,9,11-12H2. The van der Waals surface area contributed by atoms with Gasteiger partial charge in [0.1, 0.15) is 0 Å². The molecule has 2 heteroatoms. The Morgan fingerprint density at radius 2 is 1.36 bits per heavy atom. The van der Waals surface area contributed by atoms with Crippen molar-refractivity contribution in [3.05, 3.63) is 12.2 Å². The monoisotopic (exact) mass is 372 g/mol. The first-order valence-electron chi connectivity index (χ1n) is 5.68. The first-order chi connectivity index (χ1) is 6.91. The summed E-state index contributed by atoms with van der Waals surface area (Å²) >= 11 is 5.84. The Bertz CT molecular complexity index is 123. The highest BCUT2D eigenvalue weighted by Crippen LogP contribution is 2.09. The van der Waals surface area contributed by atoms with Gasteiger partial charge in [0.05, 0.1) is 0 Å². The normalized spacial score (nSPS) is 11.3. The van der Waals surface area contributed by atoms with Crippen molar-refractivity contribution in [1.82, 2.24) is 0 Å². The molecule has 0 heterocycles. The van der Waals surface area contributed by atoms with E-state index < -0.39 is 0 Å². The van der Waals surface area contributed by atoms with E-state index in [9.17, 15) is 0 Å². The summed E-state index contributed by atoms with van der Waals surface area (Å²) < 4.78 is 1.16. The highest BCUT2D eigenvalue weighted by Gasteiger charge is 1.90. The molecular formula is C12H22BrI. The Labute approximate surface area is 111 Å². The van der Waals surface area contributed by atoms with Crippen molar-refractivity contribution in [3.63, 3.8) is 0 Å². The van der Waals surface area contributed by atoms with Gasteiger partial charge in [0.15, 0.2) is 0 Å². The number of hydrogen-bond donors (Lipinski definition) is 0. The molecule has 0 spiro atoms. The maximum atomic E-state index is 3.46. The molecule has 0 unspecified atom stereocenters. The largest absolute Gasteiger partial charge is 0.0928 e. The van der Waals surface area contributed by atoms with Crippen LogP contribution in [0.4, 0.5) is 0 Å². The Morgan fingerprint density at radius 3 is 1.93 bits per heavy atom. The number of halogens is 2. The van der Waals surface area contributed by atoms with Crippen LogP contribution in [0.5, 0.6) is 0 Å². The SMILES string of the molecule is BrCCCCCCCCCC=CCI. The van der Waals surface area contributed by atoms with Gasteiger partial charge in [0, 0.05) is 9.76 Å². The summed E-state index contributed by atoms with van der Waals surface area (Å²) in [6, 6.07) is 0. The molecule has 0 aromatic rings. The maximum Gasteiger partial charge on any atom is 0.0175 e. The molecule has 0 atom stereocenters. The molecule has 0 aliphatic rings. The Hall–Kier alpha value is 0.950. The lowest BCUT2D eigenvalue weighted by molar-refractivity contribution is 0.594. The molecule has 14 heavy (non-hydrogen) atoms. The summed E-state index contributed by atoms with van der Waals surface area (Å²) in [5, 5.41) is 1.17. The predicted molar refractivity (Wildman–Crippen MR) is 78.8 cm³/mol. The van der Waals surface area contributed by atoms with Crippen LogP contribution in [0.15, 0.2) is 12.2 Å². The second-order valence-corrected chi connectivity index (χ2v) is 5.25. The number of alkyl halides is 2. The smallest absolute Gasteiger partial charge is 0.0175 e. The van der Waals surface area contributed by atoms with E-state index in [1.165, 1.54) is 56.7 Å². The fraction of sp³-hybridized carbons (Fsp3) is 0.833. The van der Waals surface area contributed by atoms with Gasteiger partial charge in [-0.25, -0.2) is 0 Å². The van der Waals surface area contributed by atoms with Crippen LogP contribution in [-0.2, 0) is 0 Å². The van der Waals surface area contributed by atoms with Gasteiger partial charge in [-0.1, -0.05) is 82.8 Å². The minimum atomic E-state index is 1.16. The van der Waals surface area contributed by atoms with Crippen LogP contribution in [0.25, 0.3) is 0 Å². The van der Waals surface area contributed by atoms with E-state index in [4.69, 9.17) is 0 Å². The summed E-state index contributed by atoms with van der Waals surface area (Å²) in [6.45, 7) is 0. The zero-order chi connectivity index (χ0) is 10.5. The molecule has 0 aromatic heterocycles. The fourth-order valence-corrected chi connectivity index (χ4v) is 2.18. The van der Waals surface area contributed by atoms with Crippen LogP contribution in [0, 0.1) is 0 Å². The van der Waals surface area contributed by atoms with Crippen LogP contribution in [-0.4, -0.2) is 9.76 Å². The van der Waals surface area contributed by atoms with Crippen molar-refractivity contribution in [2.45, 2.75) is 51.4 Å². The molecule has 0 fully saturated rings. The molecule has 0 aliphatic heterocycles. The minimum absolute atomic E-state index is 1.16. The van der Waals surface area contributed by atoms with Gasteiger partial charge in [-0.05, 0) is 19.3 Å². The van der Waals surface area contributed by atoms with Gasteiger partial charge in [0.25, 0.3) is 0 Å². The van der Waals surface area contributed by atoms with E-state index >= 15 is 0 Å². The molecule has 0 saturated heterocycles. The van der Waals surface area contributed by atoms with Crippen LogP contribution in [0.3, 0.4) is 0 Å². The second-order valence-electron chi connectivity index (χ2n) is 3.58. The second kappa shape index (κ2) is 13.9. The van der Waals surface area contributed by atoms with Crippen molar-refractivity contribution in [2.75, 3.05) is 9.76 Å². The molecule has 0 rings (SSSR count). The van der Waals surface area contributed by atoms with Crippen molar-refractivity contribution in [3.8, 4) is 0 Å². The summed E-state index contributed by atoms with van der Waals surface area (Å²) in [5.41, 5.74) is 0. The van der Waals surface area contributed by atoms with Gasteiger partial charge >= 0.3 is 0 Å². The van der Waals surface area contributed by atoms with E-state index in [1.807, 2.05) is 0 Å². The molecular weight excluding hydrogens is 351 g/mol. The maximum absolute atomic E-state index is 3.46. The van der Waals surface area contributed by atoms with Gasteiger partial charge in [-0.15, -0.1) is 0 Å². The van der Waals surface area contributed by atoms with E-state index in [0.717, 1.165) is 4.43 Å². The lowest BCUT2D eigenvalue weighted by atomic mass is 10.1. The quantitative estimate of drug-likeness (QED) is 0.206. The Balaban J connectivity index is 2.88. The molecule has 0 aliphatic carbocycles. The lowest BCUT2D eigenvalue weighted by Gasteiger charge is -1.99. The topological polar surface area (TPSA) is 0 Å². The summed E-state index contributed by atoms with van der Waals surface area (Å²) in [7, 11) is 0. The molecule has 0 bridgehead atoms. The lowest BCUT2D eigenvalue weighted by Crippen LogP contribution is -1.80. The van der Waals surface area contributed by atoms with Crippen molar-refractivity contribution < 1.29 is 0 Å². The van der Waals surface area contributed by atoms with E-state index in [2.05, 4.69) is 50.7 Å². The van der Waals surface area contributed by atoms with Crippen LogP contribution < -0.4 is 0 Å². The zero-order valence-electron chi connectivity index (χ0n) is 8.98. The number of unbranched alkanes of at least 4 members (excludes halogenated alkanes) is 7. The first-order valence-corrected chi connectivity index (χ1v) is 8.33. The molecule has 0 amide bonds. The van der Waals surface area contributed by atoms with Crippen LogP contribution in [0.1, 0.15) is 51.4 Å². The fourth-order valence-electron chi connectivity index (χ4n) is 1.42. The third kappa shape index (κ3) is 12.9. The average Bonchev–Trinajstić information content (AvgIpc) is 2.21. The van der Waals surface area contributed by atoms with E-state index in [0.29, 0.717) is 0 Å². The number of hydrogen-bond acceptors (Lipinski definition) is 0. The van der Waals surface area contributed by atoms with E-state index in [-0.39, 0.29) is 0 Å². The molecule has 0 aromatic carbocycles. The molecule has 0 N–H and O–H groups in total. The molecule has 0 radical (unpaired) electrons. The highest BCUT2D eigenvalue weighted by atomic mass is 127. The molecule has 0 nitrogen and oxygen atoms in total. The third-order valence-corrected chi connectivity index (χ3v) is 3.33. The zero-order valence-corrected chi connectivity index (χ0v) is 12.7. The average molecular weight is 373 g/mol. The predicted octanol–water partition coefficient (Wildman–Crippen LogP) is 5.49. The minimum Gasteiger partial charge on any atom is -0.0928 e. The van der Waals surface area contributed by atoms with Crippen LogP contribution in [0.2, 0.25) is 0 Å². The number of allylic oxidation sites excluding steroid dienone is 2. The summed E-state index contributed by atoms with van der Waals surface area (Å²) in [6.07, 6.45) is 15.7. The highest BCUT2D eigenvalue weighted by molar-refractivity contribution is 14.1. The molecule has 0 saturated carbocycles. The Morgan fingerprint density at radius 1 is 0.786 bits per heavy atom. The first kappa shape index (κ1) is 14.9. The van der Waals surface area contributed by atoms with Gasteiger partial charge in [0.2, 0.25) is 0 Å². The Kier molecular flexibility index (Phi) is 14.9. The van der Waals surface area contributed by atoms with Gasteiger partial charge in [-0.3, -0.25) is 0 Å². The van der Waals surface area contributed by atoms with Gasteiger partial charge in [-0.2, -0.15) is 0 Å². The van der Waals surface area contributed by atoms with Crippen molar-refractivity contribution in [1.29, 1.82) is 0 Å². The van der Waals surface area contributed by atoms with Crippen molar-refractivity contribution >= 4 is 38.5 Å². The molecule has 84 valence electrons. The third-order valence-electron chi connectivity index (χ3n) is 2.26. The number of rotatable bonds is 10. The van der Waals surface area contributed by atoms with Crippen molar-refractivity contribution in [2.24, 2.45) is 0 Å². The van der Waals surface area contributed by atoms with E-state index in [1.54, 1.807) is 0 Å².